The molecule has 0 fully saturated rings. The van der Waals surface area contributed by atoms with E-state index in [1.807, 2.05) is 0 Å². The zero-order chi connectivity index (χ0) is 14.7. The number of amidine groups is 1. The molecule has 0 radical (unpaired) electrons. The topological polar surface area (TPSA) is 67.8 Å². The van der Waals surface area contributed by atoms with Crippen molar-refractivity contribution in [2.75, 3.05) is 0 Å². The number of nitrogens with zero attached hydrogens (tertiary/aromatic N) is 1. The molecule has 0 aliphatic rings. The van der Waals surface area contributed by atoms with Crippen LogP contribution in [-0.4, -0.2) is 11.0 Å². The molecule has 2 aromatic carbocycles. The molecule has 3 N–H and O–H groups in total. The summed E-state index contributed by atoms with van der Waals surface area (Å²) in [5, 5.41) is 11.9. The summed E-state index contributed by atoms with van der Waals surface area (Å²) in [4.78, 5) is 0. The van der Waals surface area contributed by atoms with Crippen LogP contribution in [0.4, 0.5) is 4.39 Å². The molecular weight excluding hydrogens is 351 g/mol. The first-order chi connectivity index (χ1) is 9.52. The van der Waals surface area contributed by atoms with Gasteiger partial charge in [0.1, 0.15) is 5.75 Å². The van der Waals surface area contributed by atoms with Gasteiger partial charge in [0.15, 0.2) is 17.4 Å². The van der Waals surface area contributed by atoms with Crippen LogP contribution in [0, 0.1) is 5.82 Å². The van der Waals surface area contributed by atoms with E-state index in [1.54, 1.807) is 24.3 Å². The second-order valence-electron chi connectivity index (χ2n) is 3.78. The molecule has 0 bridgehead atoms. The zero-order valence-electron chi connectivity index (χ0n) is 9.98. The van der Waals surface area contributed by atoms with Crippen LogP contribution in [0.5, 0.6) is 11.5 Å². The predicted molar refractivity (Wildman–Crippen MR) is 78.1 cm³/mol. The standard InChI is InChI=1S/C13H9BrClFN2O2/c14-7-4-5-9(16)11(6-7)20-10-3-1-2-8(15)12(10)13(17)18-19/h1-6,19H,(H2,17,18). The molecule has 0 amide bonds. The van der Waals surface area contributed by atoms with Crippen LogP contribution in [0.2, 0.25) is 5.02 Å². The number of hydrogen-bond acceptors (Lipinski definition) is 3. The zero-order valence-corrected chi connectivity index (χ0v) is 12.3. The van der Waals surface area contributed by atoms with Crippen LogP contribution in [0.25, 0.3) is 0 Å². The van der Waals surface area contributed by atoms with Gasteiger partial charge in [-0.3, -0.25) is 0 Å². The highest BCUT2D eigenvalue weighted by Gasteiger charge is 2.15. The second-order valence-corrected chi connectivity index (χ2v) is 5.10. The Morgan fingerprint density at radius 3 is 2.75 bits per heavy atom. The van der Waals surface area contributed by atoms with Crippen LogP contribution in [0.1, 0.15) is 5.56 Å². The Morgan fingerprint density at radius 2 is 2.05 bits per heavy atom. The molecule has 0 spiro atoms. The Labute approximate surface area is 127 Å². The van der Waals surface area contributed by atoms with Crippen LogP contribution in [0.15, 0.2) is 46.0 Å². The third-order valence-electron chi connectivity index (χ3n) is 2.45. The molecule has 0 aliphatic carbocycles. The molecule has 20 heavy (non-hydrogen) atoms. The summed E-state index contributed by atoms with van der Waals surface area (Å²) in [6.07, 6.45) is 0. The van der Waals surface area contributed by atoms with E-state index in [1.165, 1.54) is 12.1 Å². The Bertz CT molecular complexity index is 679. The van der Waals surface area contributed by atoms with Gasteiger partial charge in [-0.05, 0) is 30.3 Å². The maximum atomic E-state index is 13.7. The van der Waals surface area contributed by atoms with E-state index in [4.69, 9.17) is 27.3 Å². The molecule has 0 atom stereocenters. The molecule has 0 heterocycles. The molecular formula is C13H9BrClFN2O2. The van der Waals surface area contributed by atoms with Gasteiger partial charge in [-0.2, -0.15) is 0 Å². The maximum absolute atomic E-state index is 13.7. The van der Waals surface area contributed by atoms with E-state index >= 15 is 0 Å². The summed E-state index contributed by atoms with van der Waals surface area (Å²) in [5.41, 5.74) is 5.74. The van der Waals surface area contributed by atoms with E-state index in [-0.39, 0.29) is 27.9 Å². The smallest absolute Gasteiger partial charge is 0.175 e. The highest BCUT2D eigenvalue weighted by atomic mass is 79.9. The number of hydrogen-bond donors (Lipinski definition) is 2. The number of halogens is 3. The number of rotatable bonds is 3. The van der Waals surface area contributed by atoms with Crippen molar-refractivity contribution < 1.29 is 14.3 Å². The summed E-state index contributed by atoms with van der Waals surface area (Å²) in [6, 6.07) is 8.98. The number of oxime groups is 1. The Morgan fingerprint density at radius 1 is 1.30 bits per heavy atom. The van der Waals surface area contributed by atoms with Crippen LogP contribution >= 0.6 is 27.5 Å². The van der Waals surface area contributed by atoms with E-state index in [9.17, 15) is 4.39 Å². The molecule has 4 nitrogen and oxygen atoms in total. The summed E-state index contributed by atoms with van der Waals surface area (Å²) in [6.45, 7) is 0. The molecule has 2 aromatic rings. The Balaban J connectivity index is 2.49. The normalized spacial score (nSPS) is 11.4. The molecule has 0 unspecified atom stereocenters. The minimum atomic E-state index is -0.543. The first-order valence-corrected chi connectivity index (χ1v) is 6.59. The summed E-state index contributed by atoms with van der Waals surface area (Å²) < 4.78 is 19.8. The predicted octanol–water partition coefficient (Wildman–Crippen LogP) is 4.13. The number of ether oxygens (including phenoxy) is 1. The summed E-state index contributed by atoms with van der Waals surface area (Å²) in [7, 11) is 0. The SMILES string of the molecule is N/C(=N/O)c1c(Cl)cccc1Oc1cc(Br)ccc1F. The molecule has 0 aromatic heterocycles. The number of nitrogens with two attached hydrogens (primary N) is 1. The van der Waals surface area contributed by atoms with Gasteiger partial charge in [0.25, 0.3) is 0 Å². The van der Waals surface area contributed by atoms with Crippen molar-refractivity contribution in [1.29, 1.82) is 0 Å². The highest BCUT2D eigenvalue weighted by molar-refractivity contribution is 9.10. The van der Waals surface area contributed by atoms with Gasteiger partial charge in [-0.1, -0.05) is 38.8 Å². The van der Waals surface area contributed by atoms with Crippen molar-refractivity contribution in [2.24, 2.45) is 10.9 Å². The van der Waals surface area contributed by atoms with Gasteiger partial charge >= 0.3 is 0 Å². The van der Waals surface area contributed by atoms with Crippen molar-refractivity contribution in [1.82, 2.24) is 0 Å². The largest absolute Gasteiger partial charge is 0.453 e. The molecule has 0 aliphatic heterocycles. The minimum Gasteiger partial charge on any atom is -0.453 e. The fourth-order valence-electron chi connectivity index (χ4n) is 1.56. The highest BCUT2D eigenvalue weighted by Crippen LogP contribution is 2.32. The first-order valence-electron chi connectivity index (χ1n) is 5.42. The summed E-state index contributed by atoms with van der Waals surface area (Å²) >= 11 is 9.21. The molecule has 0 saturated heterocycles. The number of benzene rings is 2. The minimum absolute atomic E-state index is 0.00590. The first kappa shape index (κ1) is 14.6. The lowest BCUT2D eigenvalue weighted by molar-refractivity contribution is 0.318. The molecule has 0 saturated carbocycles. The monoisotopic (exact) mass is 358 g/mol. The molecule has 7 heteroatoms. The van der Waals surface area contributed by atoms with Crippen LogP contribution in [0.3, 0.4) is 0 Å². The van der Waals surface area contributed by atoms with Crippen molar-refractivity contribution >= 4 is 33.4 Å². The van der Waals surface area contributed by atoms with Crippen molar-refractivity contribution in [3.8, 4) is 11.5 Å². The summed E-state index contributed by atoms with van der Waals surface area (Å²) in [5.74, 6) is -0.585. The lowest BCUT2D eigenvalue weighted by Crippen LogP contribution is -2.15. The molecule has 104 valence electrons. The van der Waals surface area contributed by atoms with E-state index in [2.05, 4.69) is 21.1 Å². The second kappa shape index (κ2) is 6.11. The van der Waals surface area contributed by atoms with Crippen molar-refractivity contribution in [3.63, 3.8) is 0 Å². The lowest BCUT2D eigenvalue weighted by atomic mass is 10.2. The van der Waals surface area contributed by atoms with E-state index in [0.29, 0.717) is 4.47 Å². The maximum Gasteiger partial charge on any atom is 0.175 e. The molecule has 2 rings (SSSR count). The fraction of sp³-hybridized carbons (Fsp3) is 0. The van der Waals surface area contributed by atoms with Gasteiger partial charge in [0.05, 0.1) is 10.6 Å². The third-order valence-corrected chi connectivity index (χ3v) is 3.26. The van der Waals surface area contributed by atoms with Gasteiger partial charge < -0.3 is 15.7 Å². The van der Waals surface area contributed by atoms with E-state index in [0.717, 1.165) is 0 Å². The third kappa shape index (κ3) is 3.02. The average molecular weight is 360 g/mol. The van der Waals surface area contributed by atoms with Gasteiger partial charge in [0.2, 0.25) is 0 Å². The average Bonchev–Trinajstić information content (AvgIpc) is 2.42. The fourth-order valence-corrected chi connectivity index (χ4v) is 2.16. The van der Waals surface area contributed by atoms with Gasteiger partial charge in [0, 0.05) is 4.47 Å². The van der Waals surface area contributed by atoms with Gasteiger partial charge in [-0.25, -0.2) is 4.39 Å². The quantitative estimate of drug-likeness (QED) is 0.375. The van der Waals surface area contributed by atoms with E-state index < -0.39 is 5.82 Å². The van der Waals surface area contributed by atoms with Crippen LogP contribution < -0.4 is 10.5 Å². The van der Waals surface area contributed by atoms with Crippen LogP contribution in [-0.2, 0) is 0 Å². The van der Waals surface area contributed by atoms with Gasteiger partial charge in [-0.15, -0.1) is 0 Å². The van der Waals surface area contributed by atoms with Crippen molar-refractivity contribution in [3.05, 3.63) is 57.3 Å². The Hall–Kier alpha value is -1.79. The Kier molecular flexibility index (Phi) is 4.46. The lowest BCUT2D eigenvalue weighted by Gasteiger charge is -2.12. The van der Waals surface area contributed by atoms with Crippen molar-refractivity contribution in [2.45, 2.75) is 0 Å².